The molecule has 0 amide bonds. The molecule has 0 fully saturated rings. The van der Waals surface area contributed by atoms with Gasteiger partial charge in [0.15, 0.2) is 0 Å². The van der Waals surface area contributed by atoms with Crippen LogP contribution >= 0.6 is 0 Å². The van der Waals surface area contributed by atoms with Gasteiger partial charge in [-0.1, -0.05) is 24.3 Å². The van der Waals surface area contributed by atoms with Gasteiger partial charge in [-0.25, -0.2) is 4.39 Å². The van der Waals surface area contributed by atoms with Crippen LogP contribution in [0.5, 0.6) is 0 Å². The van der Waals surface area contributed by atoms with E-state index in [2.05, 4.69) is 10.3 Å². The second-order valence-electron chi connectivity index (χ2n) is 5.44. The SMILES string of the molecule is Cc1ccc2cc(CNCc3ccc(F)cc3)c(=O)[nH]c2c1. The van der Waals surface area contributed by atoms with Crippen molar-refractivity contribution in [2.24, 2.45) is 0 Å². The molecule has 0 atom stereocenters. The predicted molar refractivity (Wildman–Crippen MR) is 86.2 cm³/mol. The summed E-state index contributed by atoms with van der Waals surface area (Å²) < 4.78 is 12.8. The standard InChI is InChI=1S/C18H17FN2O/c1-12-2-5-14-9-15(18(22)21-17(14)8-12)11-20-10-13-3-6-16(19)7-4-13/h2-9,20H,10-11H2,1H3,(H,21,22). The van der Waals surface area contributed by atoms with Crippen LogP contribution in [-0.4, -0.2) is 4.98 Å². The molecule has 3 aromatic rings. The van der Waals surface area contributed by atoms with Gasteiger partial charge in [0, 0.05) is 24.2 Å². The van der Waals surface area contributed by atoms with Crippen LogP contribution in [0.25, 0.3) is 10.9 Å². The molecule has 1 heterocycles. The van der Waals surface area contributed by atoms with Gasteiger partial charge in [-0.15, -0.1) is 0 Å². The van der Waals surface area contributed by atoms with Crippen LogP contribution in [0.1, 0.15) is 16.7 Å². The lowest BCUT2D eigenvalue weighted by Gasteiger charge is -2.06. The van der Waals surface area contributed by atoms with E-state index in [1.165, 1.54) is 12.1 Å². The van der Waals surface area contributed by atoms with Crippen molar-refractivity contribution in [3.63, 3.8) is 0 Å². The van der Waals surface area contributed by atoms with Crippen LogP contribution < -0.4 is 10.9 Å². The Labute approximate surface area is 127 Å². The molecular weight excluding hydrogens is 279 g/mol. The lowest BCUT2D eigenvalue weighted by Crippen LogP contribution is -2.20. The van der Waals surface area contributed by atoms with Gasteiger partial charge in [-0.3, -0.25) is 4.79 Å². The fourth-order valence-electron chi connectivity index (χ4n) is 2.44. The van der Waals surface area contributed by atoms with E-state index in [0.717, 1.165) is 22.0 Å². The van der Waals surface area contributed by atoms with Gasteiger partial charge in [0.25, 0.3) is 5.56 Å². The average molecular weight is 296 g/mol. The topological polar surface area (TPSA) is 44.9 Å². The molecule has 0 aliphatic rings. The first-order valence-corrected chi connectivity index (χ1v) is 7.19. The first-order valence-electron chi connectivity index (χ1n) is 7.19. The van der Waals surface area contributed by atoms with Crippen LogP contribution in [-0.2, 0) is 13.1 Å². The molecule has 2 aromatic carbocycles. The van der Waals surface area contributed by atoms with Crippen molar-refractivity contribution in [3.8, 4) is 0 Å². The Morgan fingerprint density at radius 3 is 2.59 bits per heavy atom. The summed E-state index contributed by atoms with van der Waals surface area (Å²) in [6.45, 7) is 3.05. The monoisotopic (exact) mass is 296 g/mol. The summed E-state index contributed by atoms with van der Waals surface area (Å²) in [5, 5.41) is 4.23. The molecule has 112 valence electrons. The van der Waals surface area contributed by atoms with Crippen molar-refractivity contribution in [1.82, 2.24) is 10.3 Å². The number of hydrogen-bond acceptors (Lipinski definition) is 2. The molecule has 1 aromatic heterocycles. The quantitative estimate of drug-likeness (QED) is 0.776. The number of fused-ring (bicyclic) bond motifs is 1. The molecule has 22 heavy (non-hydrogen) atoms. The zero-order valence-corrected chi connectivity index (χ0v) is 12.3. The second kappa shape index (κ2) is 6.12. The Hall–Kier alpha value is -2.46. The number of benzene rings is 2. The van der Waals surface area contributed by atoms with Gasteiger partial charge >= 0.3 is 0 Å². The minimum Gasteiger partial charge on any atom is -0.322 e. The van der Waals surface area contributed by atoms with E-state index in [1.807, 2.05) is 31.2 Å². The molecule has 3 nitrogen and oxygen atoms in total. The fourth-order valence-corrected chi connectivity index (χ4v) is 2.44. The normalized spacial score (nSPS) is 11.0. The molecule has 0 aliphatic carbocycles. The molecule has 0 saturated heterocycles. The van der Waals surface area contributed by atoms with Crippen molar-refractivity contribution in [1.29, 1.82) is 0 Å². The number of aryl methyl sites for hydroxylation is 1. The highest BCUT2D eigenvalue weighted by molar-refractivity contribution is 5.79. The summed E-state index contributed by atoms with van der Waals surface area (Å²) in [4.78, 5) is 15.0. The molecule has 0 saturated carbocycles. The molecule has 0 radical (unpaired) electrons. The third kappa shape index (κ3) is 3.23. The van der Waals surface area contributed by atoms with E-state index in [9.17, 15) is 9.18 Å². The molecule has 0 bridgehead atoms. The lowest BCUT2D eigenvalue weighted by atomic mass is 10.1. The molecule has 0 unspecified atom stereocenters. The van der Waals surface area contributed by atoms with Crippen molar-refractivity contribution < 1.29 is 4.39 Å². The number of hydrogen-bond donors (Lipinski definition) is 2. The smallest absolute Gasteiger partial charge is 0.252 e. The number of aromatic nitrogens is 1. The Balaban J connectivity index is 1.73. The Bertz CT molecular complexity index is 853. The minimum atomic E-state index is -0.245. The van der Waals surface area contributed by atoms with Crippen molar-refractivity contribution in [2.75, 3.05) is 0 Å². The van der Waals surface area contributed by atoms with Gasteiger partial charge in [0.1, 0.15) is 5.82 Å². The Kier molecular flexibility index (Phi) is 4.02. The number of halogens is 1. The number of pyridine rings is 1. The van der Waals surface area contributed by atoms with E-state index in [4.69, 9.17) is 0 Å². The van der Waals surface area contributed by atoms with Gasteiger partial charge < -0.3 is 10.3 Å². The van der Waals surface area contributed by atoms with Crippen molar-refractivity contribution in [2.45, 2.75) is 20.0 Å². The number of rotatable bonds is 4. The summed E-state index contributed by atoms with van der Waals surface area (Å²) in [6.07, 6.45) is 0. The van der Waals surface area contributed by atoms with Crippen LogP contribution in [0.3, 0.4) is 0 Å². The minimum absolute atomic E-state index is 0.0790. The Morgan fingerprint density at radius 1 is 1.05 bits per heavy atom. The molecule has 2 N–H and O–H groups in total. The maximum absolute atomic E-state index is 12.8. The van der Waals surface area contributed by atoms with Gasteiger partial charge in [-0.2, -0.15) is 0 Å². The molecule has 0 spiro atoms. The highest BCUT2D eigenvalue weighted by atomic mass is 19.1. The number of H-pyrrole nitrogens is 1. The molecule has 0 aliphatic heterocycles. The van der Waals surface area contributed by atoms with E-state index < -0.39 is 0 Å². The fraction of sp³-hybridized carbons (Fsp3) is 0.167. The van der Waals surface area contributed by atoms with Crippen LogP contribution in [0, 0.1) is 12.7 Å². The van der Waals surface area contributed by atoms with Crippen LogP contribution in [0.15, 0.2) is 53.3 Å². The van der Waals surface area contributed by atoms with Crippen molar-refractivity contribution in [3.05, 3.63) is 81.4 Å². The highest BCUT2D eigenvalue weighted by Crippen LogP contribution is 2.13. The van der Waals surface area contributed by atoms with E-state index in [0.29, 0.717) is 18.7 Å². The van der Waals surface area contributed by atoms with E-state index in [1.54, 1.807) is 12.1 Å². The van der Waals surface area contributed by atoms with Crippen LogP contribution in [0.4, 0.5) is 4.39 Å². The third-order valence-corrected chi connectivity index (χ3v) is 3.64. The maximum atomic E-state index is 12.8. The zero-order valence-electron chi connectivity index (χ0n) is 12.3. The van der Waals surface area contributed by atoms with Crippen molar-refractivity contribution >= 4 is 10.9 Å². The zero-order chi connectivity index (χ0) is 15.5. The summed E-state index contributed by atoms with van der Waals surface area (Å²) in [5.74, 6) is -0.245. The van der Waals surface area contributed by atoms with Crippen LogP contribution in [0.2, 0.25) is 0 Å². The predicted octanol–water partition coefficient (Wildman–Crippen LogP) is 3.27. The van der Waals surface area contributed by atoms with E-state index >= 15 is 0 Å². The van der Waals surface area contributed by atoms with Gasteiger partial charge in [0.2, 0.25) is 0 Å². The first-order chi connectivity index (χ1) is 10.6. The third-order valence-electron chi connectivity index (χ3n) is 3.64. The number of nitrogens with one attached hydrogen (secondary N) is 2. The van der Waals surface area contributed by atoms with Gasteiger partial charge in [0.05, 0.1) is 0 Å². The largest absolute Gasteiger partial charge is 0.322 e. The average Bonchev–Trinajstić information content (AvgIpc) is 2.50. The summed E-state index contributed by atoms with van der Waals surface area (Å²) >= 11 is 0. The summed E-state index contributed by atoms with van der Waals surface area (Å²) in [5.41, 5.74) is 3.56. The maximum Gasteiger partial charge on any atom is 0.252 e. The molecular formula is C18H17FN2O. The van der Waals surface area contributed by atoms with E-state index in [-0.39, 0.29) is 11.4 Å². The molecule has 4 heteroatoms. The molecule has 3 rings (SSSR count). The van der Waals surface area contributed by atoms with Gasteiger partial charge in [-0.05, 0) is 47.7 Å². The lowest BCUT2D eigenvalue weighted by molar-refractivity contribution is 0.624. The second-order valence-corrected chi connectivity index (χ2v) is 5.44. The number of aromatic amines is 1. The summed E-state index contributed by atoms with van der Waals surface area (Å²) in [6, 6.07) is 14.2. The first kappa shape index (κ1) is 14.5. The highest BCUT2D eigenvalue weighted by Gasteiger charge is 2.03. The Morgan fingerprint density at radius 2 is 1.82 bits per heavy atom. The summed E-state index contributed by atoms with van der Waals surface area (Å²) in [7, 11) is 0.